The molecule has 2 atom stereocenters. The summed E-state index contributed by atoms with van der Waals surface area (Å²) in [6, 6.07) is 13.3. The Morgan fingerprint density at radius 2 is 2.00 bits per heavy atom. The van der Waals surface area contributed by atoms with Crippen molar-refractivity contribution >= 4 is 5.97 Å². The number of rotatable bonds is 11. The van der Waals surface area contributed by atoms with Gasteiger partial charge in [0.15, 0.2) is 11.5 Å². The summed E-state index contributed by atoms with van der Waals surface area (Å²) in [4.78, 5) is 12.9. The third-order valence-electron chi connectivity index (χ3n) is 5.59. The van der Waals surface area contributed by atoms with Gasteiger partial charge in [0, 0.05) is 0 Å². The molecule has 0 spiro atoms. The van der Waals surface area contributed by atoms with Crippen LogP contribution in [0.4, 0.5) is 0 Å². The fraction of sp³-hybridized carbons (Fsp3) is 0.423. The molecule has 0 radical (unpaired) electrons. The number of carbonyl (C=O) groups is 1. The maximum absolute atomic E-state index is 12.9. The van der Waals surface area contributed by atoms with E-state index in [0.29, 0.717) is 30.9 Å². The molecule has 1 unspecified atom stereocenters. The average molecular weight is 440 g/mol. The Labute approximate surface area is 190 Å². The van der Waals surface area contributed by atoms with Crippen LogP contribution in [-0.4, -0.2) is 39.4 Å². The highest BCUT2D eigenvalue weighted by atomic mass is 16.5. The smallest absolute Gasteiger partial charge is 0.323 e. The van der Waals surface area contributed by atoms with E-state index < -0.39 is 0 Å². The summed E-state index contributed by atoms with van der Waals surface area (Å²) in [5, 5.41) is 3.28. The quantitative estimate of drug-likeness (QED) is 0.407. The van der Waals surface area contributed by atoms with Crippen molar-refractivity contribution in [3.63, 3.8) is 0 Å². The van der Waals surface area contributed by atoms with E-state index in [0.717, 1.165) is 42.7 Å². The van der Waals surface area contributed by atoms with Gasteiger partial charge in [0.25, 0.3) is 0 Å². The SMILES string of the molecule is C=CCOc1cccc(C(CCc2ccc(OC)c(OC)c2)OC(=O)[C@@H]2CCCCN2)c1. The van der Waals surface area contributed by atoms with Gasteiger partial charge in [-0.25, -0.2) is 0 Å². The number of aryl methyl sites for hydroxylation is 1. The minimum Gasteiger partial charge on any atom is -0.493 e. The Bertz CT molecular complexity index is 892. The number of esters is 1. The molecule has 32 heavy (non-hydrogen) atoms. The molecule has 0 aliphatic carbocycles. The Hall–Kier alpha value is -2.99. The lowest BCUT2D eigenvalue weighted by Crippen LogP contribution is -2.41. The molecule has 1 aliphatic rings. The summed E-state index contributed by atoms with van der Waals surface area (Å²) in [6.07, 6.45) is 5.61. The van der Waals surface area contributed by atoms with Gasteiger partial charge in [-0.2, -0.15) is 0 Å². The maximum Gasteiger partial charge on any atom is 0.323 e. The van der Waals surface area contributed by atoms with Crippen molar-refractivity contribution in [2.75, 3.05) is 27.4 Å². The number of piperidine rings is 1. The summed E-state index contributed by atoms with van der Waals surface area (Å²) in [5.74, 6) is 1.91. The van der Waals surface area contributed by atoms with Crippen molar-refractivity contribution < 1.29 is 23.7 Å². The molecular weight excluding hydrogens is 406 g/mol. The number of ether oxygens (including phenoxy) is 4. The summed E-state index contributed by atoms with van der Waals surface area (Å²) in [6.45, 7) is 4.96. The summed E-state index contributed by atoms with van der Waals surface area (Å²) in [5.41, 5.74) is 2.00. The van der Waals surface area contributed by atoms with Crippen molar-refractivity contribution in [1.82, 2.24) is 5.32 Å². The predicted octanol–water partition coefficient (Wildman–Crippen LogP) is 4.63. The molecule has 0 aromatic heterocycles. The monoisotopic (exact) mass is 439 g/mol. The molecule has 6 nitrogen and oxygen atoms in total. The molecule has 0 saturated carbocycles. The van der Waals surface area contributed by atoms with Gasteiger partial charge in [-0.05, 0) is 67.6 Å². The molecule has 6 heteroatoms. The second kappa shape index (κ2) is 12.2. The molecule has 1 aliphatic heterocycles. The molecule has 0 bridgehead atoms. The van der Waals surface area contributed by atoms with E-state index in [1.807, 2.05) is 42.5 Å². The highest BCUT2D eigenvalue weighted by molar-refractivity contribution is 5.76. The van der Waals surface area contributed by atoms with E-state index in [9.17, 15) is 4.79 Å². The lowest BCUT2D eigenvalue weighted by Gasteiger charge is -2.25. The first-order valence-corrected chi connectivity index (χ1v) is 11.1. The number of nitrogens with one attached hydrogen (secondary N) is 1. The lowest BCUT2D eigenvalue weighted by molar-refractivity contribution is -0.153. The highest BCUT2D eigenvalue weighted by Crippen LogP contribution is 2.31. The predicted molar refractivity (Wildman–Crippen MR) is 124 cm³/mol. The van der Waals surface area contributed by atoms with E-state index in [-0.39, 0.29) is 18.1 Å². The zero-order valence-electron chi connectivity index (χ0n) is 19.0. The maximum atomic E-state index is 12.9. The van der Waals surface area contributed by atoms with E-state index in [2.05, 4.69) is 11.9 Å². The van der Waals surface area contributed by atoms with Gasteiger partial charge in [0.05, 0.1) is 14.2 Å². The summed E-state index contributed by atoms with van der Waals surface area (Å²) < 4.78 is 22.5. The number of methoxy groups -OCH3 is 2. The first kappa shape index (κ1) is 23.7. The van der Waals surface area contributed by atoms with Gasteiger partial charge in [0.1, 0.15) is 24.5 Å². The van der Waals surface area contributed by atoms with Gasteiger partial charge < -0.3 is 24.3 Å². The van der Waals surface area contributed by atoms with Crippen molar-refractivity contribution in [3.05, 3.63) is 66.2 Å². The summed E-state index contributed by atoms with van der Waals surface area (Å²) >= 11 is 0. The minimum absolute atomic E-state index is 0.195. The van der Waals surface area contributed by atoms with Gasteiger partial charge in [-0.1, -0.05) is 37.3 Å². The molecule has 0 amide bonds. The first-order valence-electron chi connectivity index (χ1n) is 11.1. The van der Waals surface area contributed by atoms with Crippen molar-refractivity contribution in [3.8, 4) is 17.2 Å². The summed E-state index contributed by atoms with van der Waals surface area (Å²) in [7, 11) is 3.24. The fourth-order valence-electron chi connectivity index (χ4n) is 3.86. The van der Waals surface area contributed by atoms with Crippen LogP contribution in [0.2, 0.25) is 0 Å². The third kappa shape index (κ3) is 6.50. The second-order valence-corrected chi connectivity index (χ2v) is 7.83. The fourth-order valence-corrected chi connectivity index (χ4v) is 3.86. The first-order chi connectivity index (χ1) is 15.6. The molecule has 1 N–H and O–H groups in total. The normalized spacial score (nSPS) is 16.6. The van der Waals surface area contributed by atoms with E-state index >= 15 is 0 Å². The zero-order valence-corrected chi connectivity index (χ0v) is 19.0. The molecule has 1 heterocycles. The molecule has 1 fully saturated rings. The Morgan fingerprint density at radius 1 is 1.16 bits per heavy atom. The van der Waals surface area contributed by atoms with Gasteiger partial charge in [-0.15, -0.1) is 0 Å². The van der Waals surface area contributed by atoms with Crippen LogP contribution in [0, 0.1) is 0 Å². The average Bonchev–Trinajstić information content (AvgIpc) is 2.85. The number of benzene rings is 2. The third-order valence-corrected chi connectivity index (χ3v) is 5.59. The van der Waals surface area contributed by atoms with Crippen LogP contribution in [0.25, 0.3) is 0 Å². The van der Waals surface area contributed by atoms with Crippen LogP contribution in [0.5, 0.6) is 17.2 Å². The Balaban J connectivity index is 1.77. The van der Waals surface area contributed by atoms with Crippen LogP contribution >= 0.6 is 0 Å². The van der Waals surface area contributed by atoms with Crippen molar-refractivity contribution in [1.29, 1.82) is 0 Å². The molecule has 172 valence electrons. The molecule has 1 saturated heterocycles. The largest absolute Gasteiger partial charge is 0.493 e. The zero-order chi connectivity index (χ0) is 22.8. The molecule has 2 aromatic carbocycles. The minimum atomic E-state index is -0.383. The molecular formula is C26H33NO5. The molecule has 3 rings (SSSR count). The standard InChI is InChI=1S/C26H33NO5/c1-4-16-31-21-9-7-8-20(18-21)23(32-26(28)22-10-5-6-15-27-22)13-11-19-12-14-24(29-2)25(17-19)30-3/h4,7-9,12,14,17-18,22-23,27H,1,5-6,10-11,13,15-16H2,2-3H3/t22-,23?/m0/s1. The van der Waals surface area contributed by atoms with Crippen LogP contribution in [0.15, 0.2) is 55.1 Å². The van der Waals surface area contributed by atoms with Crippen LogP contribution in [0.3, 0.4) is 0 Å². The van der Waals surface area contributed by atoms with Crippen LogP contribution in [-0.2, 0) is 16.0 Å². The second-order valence-electron chi connectivity index (χ2n) is 7.83. The van der Waals surface area contributed by atoms with Crippen molar-refractivity contribution in [2.45, 2.75) is 44.2 Å². The van der Waals surface area contributed by atoms with Crippen LogP contribution < -0.4 is 19.5 Å². The van der Waals surface area contributed by atoms with Gasteiger partial charge in [-0.3, -0.25) is 4.79 Å². The van der Waals surface area contributed by atoms with E-state index in [4.69, 9.17) is 18.9 Å². The van der Waals surface area contributed by atoms with E-state index in [1.165, 1.54) is 0 Å². The van der Waals surface area contributed by atoms with Crippen LogP contribution in [0.1, 0.15) is 42.9 Å². The Kier molecular flexibility index (Phi) is 8.99. The van der Waals surface area contributed by atoms with Gasteiger partial charge in [0.2, 0.25) is 0 Å². The highest BCUT2D eigenvalue weighted by Gasteiger charge is 2.26. The van der Waals surface area contributed by atoms with Gasteiger partial charge >= 0.3 is 5.97 Å². The van der Waals surface area contributed by atoms with E-state index in [1.54, 1.807) is 20.3 Å². The number of hydrogen-bond acceptors (Lipinski definition) is 6. The number of carbonyl (C=O) groups excluding carboxylic acids is 1. The topological polar surface area (TPSA) is 66.0 Å². The number of hydrogen-bond donors (Lipinski definition) is 1. The molecule has 2 aromatic rings. The lowest BCUT2D eigenvalue weighted by atomic mass is 10.00. The Morgan fingerprint density at radius 3 is 2.72 bits per heavy atom. The van der Waals surface area contributed by atoms with Crippen molar-refractivity contribution in [2.24, 2.45) is 0 Å².